The van der Waals surface area contributed by atoms with Crippen molar-refractivity contribution in [1.82, 2.24) is 42.1 Å². The average Bonchev–Trinajstić information content (AvgIpc) is 1.61. The van der Waals surface area contributed by atoms with Crippen molar-refractivity contribution in [2.45, 2.75) is 78.6 Å². The largest absolute Gasteiger partial charge is 0.493 e. The van der Waals surface area contributed by atoms with Crippen LogP contribution in [0.3, 0.4) is 0 Å². The predicted molar refractivity (Wildman–Crippen MR) is 613 cm³/mol. The van der Waals surface area contributed by atoms with Crippen LogP contribution in [0.4, 0.5) is 16.2 Å². The van der Waals surface area contributed by atoms with Crippen LogP contribution in [0.25, 0.3) is 10.9 Å². The number of nitrogens with one attached hydrogen (secondary N) is 7. The van der Waals surface area contributed by atoms with Crippen LogP contribution in [0.15, 0.2) is 277 Å². The van der Waals surface area contributed by atoms with Gasteiger partial charge in [0.2, 0.25) is 11.0 Å². The molecule has 12 rings (SSSR count). The van der Waals surface area contributed by atoms with E-state index >= 15 is 0 Å². The number of para-hydroxylation sites is 1. The lowest BCUT2D eigenvalue weighted by Crippen LogP contribution is -2.28. The van der Waals surface area contributed by atoms with Gasteiger partial charge in [0.25, 0.3) is 5.69 Å². The maximum atomic E-state index is 11.2. The number of nitrogens with zero attached hydrogens (tertiary/aromatic N) is 14. The number of esters is 4. The van der Waals surface area contributed by atoms with E-state index in [1.807, 2.05) is 131 Å². The molecule has 0 bridgehead atoms. The highest BCUT2D eigenvalue weighted by atomic mass is 32.1. The Morgan fingerprint density at radius 2 is 0.918 bits per heavy atom. The number of nitro benzene ring substituents is 1. The summed E-state index contributed by atoms with van der Waals surface area (Å²) < 4.78 is 27.4. The molecule has 0 fully saturated rings. The lowest BCUT2D eigenvalue weighted by atomic mass is 9.90. The summed E-state index contributed by atoms with van der Waals surface area (Å²) in [5, 5.41) is 48.3. The Morgan fingerprint density at radius 3 is 1.41 bits per heavy atom. The summed E-state index contributed by atoms with van der Waals surface area (Å²) >= 11 is 35.0. The number of pyridine rings is 1. The van der Waals surface area contributed by atoms with Crippen molar-refractivity contribution < 1.29 is 62.1 Å². The monoisotopic (exact) mass is 2110 g/mol. The zero-order valence-electron chi connectivity index (χ0n) is 83.2. The van der Waals surface area contributed by atoms with E-state index in [-0.39, 0.29) is 54.2 Å². The zero-order chi connectivity index (χ0) is 107. The minimum absolute atomic E-state index is 0.0103. The SMILES string of the molecule is CCC(=S)CN=Cc1ccc(C(=O)OC)cc1.CCC(=S)CN=Cc1ccc([N+](=O)[O-])cc1.CCC(=S)CN=Cc1ccccn1.CNC(=S)CN=C1CCCc2ccccc21.CNC(=S)CN=Cc1ccc(/C=N/NC(=S)NC)cc1.CNC(=S)N=Nc1c(O)[nH]c2ccccc12.COC(=O)CN=C1CCCc2ccccc21.COC(=O)CN=Cc1ccccc1/C=N/NC(=O)OC.COC(=O)CN=Cc1ccco1. The number of likely N-dealkylation sites (N-methyl/N-ethyl adjacent to an activating group) is 2. The van der Waals surface area contributed by atoms with E-state index in [0.717, 1.165) is 125 Å². The van der Waals surface area contributed by atoms with Crippen molar-refractivity contribution in [3.8, 4) is 5.88 Å². The molecule has 42 heteroatoms. The zero-order valence-corrected chi connectivity index (χ0v) is 88.9. The quantitative estimate of drug-likeness (QED) is 0.00369. The highest BCUT2D eigenvalue weighted by Gasteiger charge is 2.18. The Balaban J connectivity index is 0.000000343. The third kappa shape index (κ3) is 52.2. The molecule has 2 aliphatic carbocycles. The number of non-ortho nitro benzene ring substituents is 1. The van der Waals surface area contributed by atoms with Crippen LogP contribution in [0.1, 0.15) is 143 Å². The molecule has 0 saturated heterocycles. The molecular formula is C104H121N21O14S7. The van der Waals surface area contributed by atoms with Crippen LogP contribution in [-0.2, 0) is 50.9 Å². The average molecular weight is 2110 g/mol. The van der Waals surface area contributed by atoms with E-state index in [1.165, 1.54) is 107 Å². The van der Waals surface area contributed by atoms with Crippen LogP contribution in [0.2, 0.25) is 0 Å². The number of hydrogen-bond donors (Lipinski definition) is 8. The molecule has 146 heavy (non-hydrogen) atoms. The van der Waals surface area contributed by atoms with Gasteiger partial charge in [-0.1, -0.05) is 215 Å². The van der Waals surface area contributed by atoms with Crippen LogP contribution in [-0.4, -0.2) is 262 Å². The van der Waals surface area contributed by atoms with Gasteiger partial charge in [0.1, 0.15) is 25.4 Å². The van der Waals surface area contributed by atoms with E-state index < -0.39 is 17.0 Å². The lowest BCUT2D eigenvalue weighted by molar-refractivity contribution is -0.384. The Morgan fingerprint density at radius 1 is 0.459 bits per heavy atom. The molecule has 35 nitrogen and oxygen atoms in total. The number of aryl methyl sites for hydroxylation is 2. The smallest absolute Gasteiger partial charge is 0.427 e. The standard InChI is InChI=1S/C13H17N5S2.C13H15N3O4.C13H16N2S.C13H15NO2S.C13H15NO2.C11H12N2O2S.C10H10N4OS.C10H12N2S.C8H9NO3/c1-14-12(19)9-16-7-10-3-5-11(6-4-10)8-17-18-13(20)15-2;1-19-12(17)9-14-7-10-5-3-4-6-11(10)8-15-16-13(18)20-2;1-14-13(16)9-15-12-8-4-6-10-5-2-3-7-11(10)12;1-3-12(17)9-14-8-10-4-6-11(7-5-10)13(15)16-2;1-16-13(15)9-14-12-8-4-6-10-5-2-3-7-11(10)12;1-2-11(16)8-12-7-9-3-5-10(6-4-9)13(14)15;1-11-10(16)14-13-8-6-4-2-3-5-7(6)12-9(8)15;1-2-10(13)8-11-7-9-5-3-4-6-12-9;1-11-8(10)6-9-5-7-3-2-4-12-7/h3-8H,9H2,1-2H3,(H,14,19)(H2,15,18,20);3-8H,9H2,1-2H3,(H,16,18);2-3,5,7H,4,6,8-9H2,1H3,(H,14,16);4-8H,3,9H2,1-2H3;2-3,5,7H,4,6,8-9H2,1H3;3-7H,2,8H2,1H3;2-5,12,15H,1H3,(H,11,16);3-7H,2,8H2,1H3;2-5H,6H2,1H3/b16-7?,17-8+;14-7?,15-8+;;;;;;;. The fraction of sp³-hybridized carbons (Fsp3) is 0.279. The first kappa shape index (κ1) is 123. The number of H-pyrrole nitrogens is 1. The maximum Gasteiger partial charge on any atom is 0.427 e. The van der Waals surface area contributed by atoms with Crippen LogP contribution in [0, 0.1) is 10.1 Å². The van der Waals surface area contributed by atoms with Crippen molar-refractivity contribution in [2.24, 2.45) is 60.4 Å². The number of aromatic amines is 1. The number of carbonyl (C=O) groups excluding carboxylic acids is 5. The Bertz CT molecular complexity index is 6020. The van der Waals surface area contributed by atoms with Gasteiger partial charge in [-0.3, -0.25) is 74.8 Å². The van der Waals surface area contributed by atoms with Crippen LogP contribution < -0.4 is 32.1 Å². The van der Waals surface area contributed by atoms with Gasteiger partial charge in [0, 0.05) is 120 Å². The van der Waals surface area contributed by atoms with Gasteiger partial charge in [-0.05, 0) is 181 Å². The van der Waals surface area contributed by atoms with E-state index in [1.54, 1.807) is 113 Å². The second-order valence-corrected chi connectivity index (χ2v) is 33.1. The van der Waals surface area contributed by atoms with Crippen LogP contribution in [0.5, 0.6) is 5.88 Å². The molecule has 0 spiro atoms. The lowest BCUT2D eigenvalue weighted by Gasteiger charge is -2.17. The van der Waals surface area contributed by atoms with Crippen molar-refractivity contribution in [3.05, 3.63) is 295 Å². The van der Waals surface area contributed by atoms with Gasteiger partial charge in [-0.2, -0.15) is 10.2 Å². The number of hydrazone groups is 2. The minimum atomic E-state index is -0.655. The maximum absolute atomic E-state index is 11.2. The number of thiocarbonyl (C=S) groups is 7. The molecule has 0 unspecified atom stereocenters. The summed E-state index contributed by atoms with van der Waals surface area (Å²) in [6, 6.07) is 61.8. The number of benzene rings is 7. The number of carbonyl (C=O) groups is 5. The van der Waals surface area contributed by atoms with Gasteiger partial charge in [-0.25, -0.2) is 15.0 Å². The highest BCUT2D eigenvalue weighted by Crippen LogP contribution is 2.35. The molecule has 3 aromatic heterocycles. The summed E-state index contributed by atoms with van der Waals surface area (Å²) in [5.41, 5.74) is 20.3. The molecule has 3 heterocycles. The molecular weight excluding hydrogens is 1990 g/mol. The van der Waals surface area contributed by atoms with E-state index in [4.69, 9.17) is 89.9 Å². The summed E-state index contributed by atoms with van der Waals surface area (Å²) in [7, 11) is 13.7. The number of ether oxygens (including phenoxy) is 5. The van der Waals surface area contributed by atoms with Crippen molar-refractivity contribution >= 4 is 234 Å². The molecule has 0 atom stereocenters. The first-order valence-corrected chi connectivity index (χ1v) is 48.2. The first-order valence-electron chi connectivity index (χ1n) is 45.4. The van der Waals surface area contributed by atoms with Gasteiger partial charge in [0.15, 0.2) is 10.8 Å². The van der Waals surface area contributed by atoms with E-state index in [0.29, 0.717) is 54.8 Å². The number of aromatic hydroxyl groups is 1. The molecule has 2 aliphatic rings. The fourth-order valence-corrected chi connectivity index (χ4v) is 11.9. The fourth-order valence-electron chi connectivity index (χ4n) is 11.5. The van der Waals surface area contributed by atoms with E-state index in [2.05, 4.69) is 163 Å². The van der Waals surface area contributed by atoms with E-state index in [9.17, 15) is 39.2 Å². The number of fused-ring (bicyclic) bond motifs is 3. The number of methoxy groups -OCH3 is 5. The predicted octanol–water partition coefficient (Wildman–Crippen LogP) is 17.5. The molecule has 1 amide bonds. The number of furan rings is 1. The van der Waals surface area contributed by atoms with Gasteiger partial charge < -0.3 is 59.5 Å². The Kier molecular flexibility index (Phi) is 63.0. The summed E-state index contributed by atoms with van der Waals surface area (Å²) in [6.45, 7) is 8.98. The number of rotatable bonds is 32. The summed E-state index contributed by atoms with van der Waals surface area (Å²) in [6.07, 6.45) is 25.0. The molecule has 0 saturated carbocycles. The highest BCUT2D eigenvalue weighted by molar-refractivity contribution is 7.81. The van der Waals surface area contributed by atoms with Gasteiger partial charge in [-0.15, -0.1) is 10.2 Å². The molecule has 10 aromatic rings. The third-order valence-corrected chi connectivity index (χ3v) is 21.9. The summed E-state index contributed by atoms with van der Waals surface area (Å²) in [5.74, 6) is -0.781. The number of amides is 1. The normalized spacial score (nSPS) is 12.0. The number of azo groups is 1. The first-order chi connectivity index (χ1) is 70.6. The molecule has 0 radical (unpaired) electrons. The Hall–Kier alpha value is -15.2. The van der Waals surface area contributed by atoms with Crippen molar-refractivity contribution in [2.75, 3.05) is 116 Å². The third-order valence-electron chi connectivity index (χ3n) is 19.3. The van der Waals surface area contributed by atoms with Crippen molar-refractivity contribution in [3.63, 3.8) is 0 Å². The molecule has 768 valence electrons. The molecule has 0 aliphatic heterocycles. The van der Waals surface area contributed by atoms with Gasteiger partial charge >= 0.3 is 30.0 Å². The topological polar surface area (TPSA) is 457 Å². The number of nitro groups is 1. The van der Waals surface area contributed by atoms with Crippen molar-refractivity contribution in [1.29, 1.82) is 0 Å². The summed E-state index contributed by atoms with van der Waals surface area (Å²) in [4.78, 5) is 109. The Labute approximate surface area is 887 Å². The molecule has 8 N–H and O–H groups in total. The second-order valence-electron chi connectivity index (χ2n) is 29.6. The number of hydrogen-bond acceptors (Lipinski definition) is 33. The number of aromatic nitrogens is 2. The minimum Gasteiger partial charge on any atom is -0.493 e. The van der Waals surface area contributed by atoms with Gasteiger partial charge in [0.05, 0.1) is 125 Å². The second kappa shape index (κ2) is 74.7. The molecule has 7 aromatic carbocycles. The van der Waals surface area contributed by atoms with Crippen LogP contribution >= 0.6 is 85.5 Å². The number of aliphatic imine (C=N–C) groups is 8.